The molecule has 1 fully saturated rings. The molecule has 4 aromatic heterocycles. The maximum atomic E-state index is 14.8. The maximum Gasteiger partial charge on any atom is 0.226 e. The number of anilines is 3. The lowest BCUT2D eigenvalue weighted by Crippen LogP contribution is -2.09. The van der Waals surface area contributed by atoms with E-state index >= 15 is 0 Å². The van der Waals surface area contributed by atoms with Crippen LogP contribution in [0.1, 0.15) is 28.8 Å². The van der Waals surface area contributed by atoms with Gasteiger partial charge in [0.05, 0.1) is 35.5 Å². The lowest BCUT2D eigenvalue weighted by molar-refractivity contribution is 0.103. The summed E-state index contributed by atoms with van der Waals surface area (Å²) in [6.45, 7) is 0.779. The highest BCUT2D eigenvalue weighted by molar-refractivity contribution is 6.18. The molecule has 10 heteroatoms. The number of nitrogens with zero attached hydrogens (tertiary/aromatic N) is 4. The number of H-pyrrole nitrogens is 1. The number of pyridine rings is 2. The fourth-order valence-corrected chi connectivity index (χ4v) is 3.38. The van der Waals surface area contributed by atoms with Crippen LogP contribution >= 0.6 is 0 Å². The van der Waals surface area contributed by atoms with Crippen LogP contribution in [-0.2, 0) is 0 Å². The Balaban J connectivity index is 1.40. The molecular formula is C22H20FN7O2. The first-order valence-corrected chi connectivity index (χ1v) is 10.2. The van der Waals surface area contributed by atoms with Gasteiger partial charge in [0, 0.05) is 18.8 Å². The summed E-state index contributed by atoms with van der Waals surface area (Å²) in [4.78, 5) is 32.6. The second-order valence-corrected chi connectivity index (χ2v) is 7.55. The zero-order valence-corrected chi connectivity index (χ0v) is 17.2. The number of ether oxygens (including phenoxy) is 1. The van der Waals surface area contributed by atoms with Crippen molar-refractivity contribution in [3.05, 3.63) is 60.1 Å². The molecule has 162 valence electrons. The average Bonchev–Trinajstić information content (AvgIpc) is 3.54. The van der Waals surface area contributed by atoms with Crippen LogP contribution in [-0.4, -0.2) is 44.4 Å². The molecule has 0 radical (unpaired) electrons. The average molecular weight is 433 g/mol. The van der Waals surface area contributed by atoms with Crippen LogP contribution in [0.25, 0.3) is 11.0 Å². The Morgan fingerprint density at radius 1 is 1.19 bits per heavy atom. The summed E-state index contributed by atoms with van der Waals surface area (Å²) in [5.74, 6) is 0.526. The maximum absolute atomic E-state index is 14.8. The zero-order chi connectivity index (χ0) is 22.1. The number of halogens is 1. The molecule has 0 aliphatic heterocycles. The van der Waals surface area contributed by atoms with Crippen molar-refractivity contribution in [1.82, 2.24) is 24.9 Å². The molecule has 4 aromatic rings. The van der Waals surface area contributed by atoms with Crippen LogP contribution in [0.4, 0.5) is 21.7 Å². The number of aromatic nitrogens is 5. The van der Waals surface area contributed by atoms with E-state index in [1.807, 2.05) is 0 Å². The predicted octanol–water partition coefficient (Wildman–Crippen LogP) is 3.69. The standard InChI is InChI=1S/C22H20FN7O2/c1-32-17-7-4-13(9-24-17)29-16-6-5-14(20(23)30-16)19(31)15-10-26-22-18(15)21(27-11-28-22)25-8-12-2-3-12/h4-7,9-12H,2-3,8H2,1H3,(H,29,30)(H2,25,26,27,28). The Bertz CT molecular complexity index is 1290. The fourth-order valence-electron chi connectivity index (χ4n) is 3.38. The minimum absolute atomic E-state index is 0.138. The third-order valence-corrected chi connectivity index (χ3v) is 5.28. The Labute approximate surface area is 182 Å². The van der Waals surface area contributed by atoms with Crippen LogP contribution in [0.5, 0.6) is 5.88 Å². The van der Waals surface area contributed by atoms with Gasteiger partial charge in [-0.05, 0) is 37.0 Å². The topological polar surface area (TPSA) is 118 Å². The van der Waals surface area contributed by atoms with Crippen molar-refractivity contribution in [3.63, 3.8) is 0 Å². The Hall–Kier alpha value is -4.08. The highest BCUT2D eigenvalue weighted by Gasteiger charge is 2.24. The first-order chi connectivity index (χ1) is 15.6. The number of nitrogens with one attached hydrogen (secondary N) is 3. The summed E-state index contributed by atoms with van der Waals surface area (Å²) in [7, 11) is 1.52. The van der Waals surface area contributed by atoms with Crippen molar-refractivity contribution in [2.75, 3.05) is 24.3 Å². The van der Waals surface area contributed by atoms with Gasteiger partial charge in [-0.25, -0.2) is 19.9 Å². The van der Waals surface area contributed by atoms with Gasteiger partial charge in [-0.2, -0.15) is 4.39 Å². The first-order valence-electron chi connectivity index (χ1n) is 10.2. The van der Waals surface area contributed by atoms with Gasteiger partial charge in [-0.15, -0.1) is 0 Å². The van der Waals surface area contributed by atoms with Gasteiger partial charge < -0.3 is 20.4 Å². The Kier molecular flexibility index (Phi) is 5.10. The smallest absolute Gasteiger partial charge is 0.226 e. The normalized spacial score (nSPS) is 13.2. The third kappa shape index (κ3) is 3.94. The minimum Gasteiger partial charge on any atom is -0.481 e. The van der Waals surface area contributed by atoms with Crippen molar-refractivity contribution in [3.8, 4) is 5.88 Å². The van der Waals surface area contributed by atoms with Gasteiger partial charge in [0.15, 0.2) is 5.78 Å². The van der Waals surface area contributed by atoms with E-state index in [2.05, 4.69) is 35.6 Å². The number of hydrogen-bond donors (Lipinski definition) is 3. The van der Waals surface area contributed by atoms with E-state index in [1.54, 1.807) is 18.3 Å². The summed E-state index contributed by atoms with van der Waals surface area (Å²) >= 11 is 0. The van der Waals surface area contributed by atoms with E-state index in [-0.39, 0.29) is 11.4 Å². The van der Waals surface area contributed by atoms with Crippen LogP contribution < -0.4 is 15.4 Å². The number of methoxy groups -OCH3 is 1. The molecule has 0 atom stereocenters. The molecule has 3 N–H and O–H groups in total. The molecule has 0 aromatic carbocycles. The molecule has 1 saturated carbocycles. The number of carbonyl (C=O) groups is 1. The quantitative estimate of drug-likeness (QED) is 0.284. The summed E-state index contributed by atoms with van der Waals surface area (Å²) in [5.41, 5.74) is 1.28. The lowest BCUT2D eigenvalue weighted by atomic mass is 10.0. The van der Waals surface area contributed by atoms with Crippen LogP contribution in [0.3, 0.4) is 0 Å². The minimum atomic E-state index is -0.875. The molecule has 0 unspecified atom stereocenters. The highest BCUT2D eigenvalue weighted by Crippen LogP contribution is 2.31. The van der Waals surface area contributed by atoms with Crippen LogP contribution in [0.15, 0.2) is 43.0 Å². The molecule has 9 nitrogen and oxygen atoms in total. The molecule has 4 heterocycles. The summed E-state index contributed by atoms with van der Waals surface area (Å²) in [6, 6.07) is 6.35. The van der Waals surface area contributed by atoms with Crippen LogP contribution in [0.2, 0.25) is 0 Å². The van der Waals surface area contributed by atoms with Gasteiger partial charge in [0.1, 0.15) is 23.6 Å². The monoisotopic (exact) mass is 433 g/mol. The van der Waals surface area contributed by atoms with Gasteiger partial charge in [-0.1, -0.05) is 0 Å². The number of hydrogen-bond acceptors (Lipinski definition) is 8. The molecule has 1 aliphatic carbocycles. The number of ketones is 1. The van der Waals surface area contributed by atoms with Crippen molar-refractivity contribution in [2.45, 2.75) is 12.8 Å². The van der Waals surface area contributed by atoms with Crippen LogP contribution in [0, 0.1) is 11.9 Å². The first kappa shape index (κ1) is 19.9. The van der Waals surface area contributed by atoms with E-state index < -0.39 is 11.7 Å². The van der Waals surface area contributed by atoms with Gasteiger partial charge in [0.25, 0.3) is 0 Å². The third-order valence-electron chi connectivity index (χ3n) is 5.28. The van der Waals surface area contributed by atoms with Crippen molar-refractivity contribution >= 4 is 34.1 Å². The Morgan fingerprint density at radius 2 is 2.06 bits per heavy atom. The number of fused-ring (bicyclic) bond motifs is 1. The van der Waals surface area contributed by atoms with E-state index in [9.17, 15) is 9.18 Å². The molecule has 32 heavy (non-hydrogen) atoms. The van der Waals surface area contributed by atoms with E-state index in [0.717, 1.165) is 6.54 Å². The van der Waals surface area contributed by atoms with Crippen molar-refractivity contribution < 1.29 is 13.9 Å². The predicted molar refractivity (Wildman–Crippen MR) is 117 cm³/mol. The Morgan fingerprint density at radius 3 is 2.78 bits per heavy atom. The second-order valence-electron chi connectivity index (χ2n) is 7.55. The molecule has 1 aliphatic rings. The van der Waals surface area contributed by atoms with E-state index in [1.165, 1.54) is 44.6 Å². The SMILES string of the molecule is COc1ccc(Nc2ccc(C(=O)c3c[nH]c4ncnc(NCC5CC5)c34)c(F)n2)cn1. The highest BCUT2D eigenvalue weighted by atomic mass is 19.1. The van der Waals surface area contributed by atoms with Crippen molar-refractivity contribution in [1.29, 1.82) is 0 Å². The molecule has 0 spiro atoms. The summed E-state index contributed by atoms with van der Waals surface area (Å²) in [5, 5.41) is 6.78. The fraction of sp³-hybridized carbons (Fsp3) is 0.227. The lowest BCUT2D eigenvalue weighted by Gasteiger charge is -2.09. The molecular weight excluding hydrogens is 413 g/mol. The van der Waals surface area contributed by atoms with Crippen molar-refractivity contribution in [2.24, 2.45) is 5.92 Å². The molecule has 0 saturated heterocycles. The van der Waals surface area contributed by atoms with E-state index in [0.29, 0.717) is 39.9 Å². The number of rotatable bonds is 8. The number of carbonyl (C=O) groups excluding carboxylic acids is 1. The van der Waals surface area contributed by atoms with Gasteiger partial charge >= 0.3 is 0 Å². The van der Waals surface area contributed by atoms with E-state index in [4.69, 9.17) is 4.74 Å². The molecule has 0 bridgehead atoms. The van der Waals surface area contributed by atoms with Gasteiger partial charge in [-0.3, -0.25) is 4.79 Å². The molecule has 5 rings (SSSR count). The summed E-state index contributed by atoms with van der Waals surface area (Å²) < 4.78 is 19.8. The largest absolute Gasteiger partial charge is 0.481 e. The molecule has 0 amide bonds. The summed E-state index contributed by atoms with van der Waals surface area (Å²) in [6.07, 6.45) is 6.87. The number of aromatic amines is 1. The van der Waals surface area contributed by atoms with Gasteiger partial charge in [0.2, 0.25) is 11.8 Å². The second kappa shape index (κ2) is 8.22. The zero-order valence-electron chi connectivity index (χ0n) is 17.2.